The summed E-state index contributed by atoms with van der Waals surface area (Å²) >= 11 is 0. The molecule has 0 saturated carbocycles. The zero-order valence-corrected chi connectivity index (χ0v) is 24.3. The third-order valence-electron chi connectivity index (χ3n) is 6.30. The SMILES string of the molecule is [NH3+]CCCCC1C[NH+](CP(=O)([O-])O)CC[NH+](CP(=O)([O-])O)CC[NH+](CP(=O)([O-])O)CC[NH+]1CP(=O)([O-])O. The number of nitrogens with one attached hydrogen (secondary N) is 4. The van der Waals surface area contributed by atoms with Crippen molar-refractivity contribution in [3.8, 4) is 0 Å². The highest BCUT2D eigenvalue weighted by molar-refractivity contribution is 7.50. The fourth-order valence-electron chi connectivity index (χ4n) is 4.74. The summed E-state index contributed by atoms with van der Waals surface area (Å²) in [4.78, 5) is 86.0. The Kier molecular flexibility index (Phi) is 14.8. The first-order valence-corrected chi connectivity index (χ1v) is 19.1. The van der Waals surface area contributed by atoms with E-state index >= 15 is 0 Å². The monoisotopic (exact) mass is 620 g/mol. The van der Waals surface area contributed by atoms with E-state index in [-0.39, 0.29) is 45.8 Å². The van der Waals surface area contributed by atoms with Gasteiger partial charge in [-0.15, -0.1) is 0 Å². The third-order valence-corrected chi connectivity index (χ3v) is 9.65. The van der Waals surface area contributed by atoms with E-state index in [1.165, 1.54) is 0 Å². The molecule has 0 aromatic rings. The smallest absolute Gasteiger partial charge is 0.187 e. The lowest BCUT2D eigenvalue weighted by Gasteiger charge is -2.36. The van der Waals surface area contributed by atoms with Crippen LogP contribution in [0, 0.1) is 0 Å². The van der Waals surface area contributed by atoms with Crippen LogP contribution in [0.25, 0.3) is 0 Å². The fraction of sp³-hybridized carbons (Fsp3) is 1.00. The summed E-state index contributed by atoms with van der Waals surface area (Å²) < 4.78 is 46.7. The lowest BCUT2D eigenvalue weighted by atomic mass is 10.1. The molecule has 1 heterocycles. The largest absolute Gasteiger partial charge is 0.775 e. The van der Waals surface area contributed by atoms with Crippen molar-refractivity contribution in [1.82, 2.24) is 0 Å². The second-order valence-corrected chi connectivity index (χ2v) is 16.2. The maximum Gasteiger partial charge on any atom is 0.187 e. The van der Waals surface area contributed by atoms with Gasteiger partial charge in [0.25, 0.3) is 0 Å². The van der Waals surface area contributed by atoms with E-state index in [4.69, 9.17) is 0 Å². The van der Waals surface area contributed by atoms with Crippen LogP contribution in [0.5, 0.6) is 0 Å². The topological polar surface area (TPSA) is 287 Å². The number of rotatable bonds is 12. The summed E-state index contributed by atoms with van der Waals surface area (Å²) in [5, 5.41) is 0. The first-order chi connectivity index (χ1) is 16.8. The van der Waals surface area contributed by atoms with Crippen LogP contribution in [0.15, 0.2) is 0 Å². The van der Waals surface area contributed by atoms with Crippen LogP contribution >= 0.6 is 30.4 Å². The van der Waals surface area contributed by atoms with E-state index < -0.39 is 61.6 Å². The zero-order chi connectivity index (χ0) is 28.5. The van der Waals surface area contributed by atoms with E-state index in [0.717, 1.165) is 0 Å². The molecule has 1 aliphatic heterocycles. The molecule has 21 heteroatoms. The van der Waals surface area contributed by atoms with Gasteiger partial charge in [0.2, 0.25) is 0 Å². The van der Waals surface area contributed by atoms with Crippen LogP contribution in [-0.4, -0.2) is 103 Å². The van der Waals surface area contributed by atoms with Gasteiger partial charge < -0.3 is 82.7 Å². The number of quaternary nitrogens is 5. The molecular formula is C16H42N5O12P4+. The minimum absolute atomic E-state index is 0.0323. The molecule has 0 aromatic heterocycles. The molecule has 9 unspecified atom stereocenters. The average Bonchev–Trinajstić information content (AvgIpc) is 2.67. The molecule has 0 radical (unpaired) electrons. The molecule has 0 bridgehead atoms. The first-order valence-electron chi connectivity index (χ1n) is 12.0. The highest BCUT2D eigenvalue weighted by Gasteiger charge is 2.34. The normalized spacial score (nSPS) is 33.1. The quantitative estimate of drug-likeness (QED) is 0.0726. The second kappa shape index (κ2) is 15.4. The molecule has 0 aliphatic carbocycles. The number of unbranched alkanes of at least 4 members (excludes halogenated alkanes) is 1. The predicted molar refractivity (Wildman–Crippen MR) is 122 cm³/mol. The Labute approximate surface area is 216 Å². The lowest BCUT2D eigenvalue weighted by molar-refractivity contribution is -1.01. The fourth-order valence-corrected chi connectivity index (χ4v) is 8.28. The molecule has 17 nitrogen and oxygen atoms in total. The Morgan fingerprint density at radius 1 is 0.622 bits per heavy atom. The molecule has 9 atom stereocenters. The van der Waals surface area contributed by atoms with Gasteiger partial charge in [-0.2, -0.15) is 0 Å². The summed E-state index contributed by atoms with van der Waals surface area (Å²) in [6.07, 6.45) is -1.04. The number of hydrogen-bond donors (Lipinski definition) is 9. The van der Waals surface area contributed by atoms with Crippen LogP contribution in [0.4, 0.5) is 0 Å². The molecule has 0 amide bonds. The lowest BCUT2D eigenvalue weighted by Crippen LogP contribution is -3.29. The molecule has 11 N–H and O–H groups in total. The summed E-state index contributed by atoms with van der Waals surface area (Å²) in [5.74, 6) is 0. The van der Waals surface area contributed by atoms with Crippen molar-refractivity contribution in [2.75, 3.05) is 77.5 Å². The Balaban J connectivity index is 3.38. The summed E-state index contributed by atoms with van der Waals surface area (Å²) in [6, 6.07) is -0.525. The minimum atomic E-state index is -4.79. The van der Waals surface area contributed by atoms with Gasteiger partial charge >= 0.3 is 0 Å². The van der Waals surface area contributed by atoms with Crippen molar-refractivity contribution in [3.63, 3.8) is 0 Å². The van der Waals surface area contributed by atoms with Crippen LogP contribution in [0.3, 0.4) is 0 Å². The average molecular weight is 620 g/mol. The van der Waals surface area contributed by atoms with E-state index in [1.54, 1.807) is 0 Å². The summed E-state index contributed by atoms with van der Waals surface area (Å²) in [5.41, 5.74) is 3.76. The van der Waals surface area contributed by atoms with Crippen molar-refractivity contribution in [2.45, 2.75) is 25.3 Å². The van der Waals surface area contributed by atoms with E-state index in [0.29, 0.717) is 45.4 Å². The molecule has 37 heavy (non-hydrogen) atoms. The molecule has 0 aromatic carbocycles. The minimum Gasteiger partial charge on any atom is -0.775 e. The maximum atomic E-state index is 11.8. The summed E-state index contributed by atoms with van der Waals surface area (Å²) in [6.45, 7) is 0.855. The van der Waals surface area contributed by atoms with E-state index in [9.17, 15) is 57.4 Å². The van der Waals surface area contributed by atoms with Gasteiger partial charge in [-0.1, -0.05) is 0 Å². The van der Waals surface area contributed by atoms with Crippen molar-refractivity contribution in [1.29, 1.82) is 0 Å². The Hall–Kier alpha value is 0.400. The standard InChI is InChI=1S/C16H41N5O12P4/c17-4-2-1-3-16-11-20(14-36(28,29)30)8-7-18(12-34(22,23)24)5-6-19(13-35(25,26)27)9-10-21(16)15-37(31,32)33/h16H,1-15,17H2,(H2,22,23,24)(H2,25,26,27)(H2,28,29,30)(H2,31,32,33)/p+1. The molecular weight excluding hydrogens is 578 g/mol. The van der Waals surface area contributed by atoms with E-state index in [2.05, 4.69) is 5.73 Å². The van der Waals surface area contributed by atoms with Gasteiger partial charge in [0.15, 0.2) is 30.4 Å². The van der Waals surface area contributed by atoms with Crippen molar-refractivity contribution in [2.24, 2.45) is 0 Å². The Bertz CT molecular complexity index is 876. The van der Waals surface area contributed by atoms with Crippen LogP contribution in [0.2, 0.25) is 0 Å². The third kappa shape index (κ3) is 18.4. The van der Waals surface area contributed by atoms with Crippen molar-refractivity contribution >= 4 is 30.4 Å². The highest BCUT2D eigenvalue weighted by Crippen LogP contribution is 2.26. The van der Waals surface area contributed by atoms with Crippen LogP contribution in [0.1, 0.15) is 19.3 Å². The molecule has 1 saturated heterocycles. The first kappa shape index (κ1) is 35.4. The number of hydrogen-bond acceptors (Lipinski definition) is 8. The summed E-state index contributed by atoms with van der Waals surface area (Å²) in [7, 11) is -19.0. The maximum absolute atomic E-state index is 11.8. The van der Waals surface area contributed by atoms with Crippen LogP contribution in [-0.2, 0) is 18.3 Å². The van der Waals surface area contributed by atoms with Gasteiger partial charge in [-0.25, -0.2) is 0 Å². The molecule has 1 aliphatic rings. The second-order valence-electron chi connectivity index (χ2n) is 9.84. The molecule has 0 spiro atoms. The van der Waals surface area contributed by atoms with Gasteiger partial charge in [-0.3, -0.25) is 0 Å². The van der Waals surface area contributed by atoms with E-state index in [1.807, 2.05) is 0 Å². The highest BCUT2D eigenvalue weighted by atomic mass is 31.2. The van der Waals surface area contributed by atoms with Gasteiger partial charge in [-0.05, 0) is 12.8 Å². The molecule has 1 rings (SSSR count). The predicted octanol–water partition coefficient (Wildman–Crippen LogP) is -10.7. The Morgan fingerprint density at radius 2 is 1.00 bits per heavy atom. The zero-order valence-electron chi connectivity index (χ0n) is 20.7. The van der Waals surface area contributed by atoms with Gasteiger partial charge in [0.1, 0.15) is 77.0 Å². The molecule has 1 fully saturated rings. The van der Waals surface area contributed by atoms with Gasteiger partial charge in [0, 0.05) is 6.42 Å². The Morgan fingerprint density at radius 3 is 1.41 bits per heavy atom. The van der Waals surface area contributed by atoms with Gasteiger partial charge in [0.05, 0.1) is 6.54 Å². The van der Waals surface area contributed by atoms with Crippen molar-refractivity contribution in [3.05, 3.63) is 0 Å². The van der Waals surface area contributed by atoms with Crippen LogP contribution < -0.4 is 44.9 Å². The molecule has 222 valence electrons. The van der Waals surface area contributed by atoms with Crippen molar-refractivity contribution < 1.29 is 82.7 Å².